The summed E-state index contributed by atoms with van der Waals surface area (Å²) in [6, 6.07) is 4.78. The molecule has 0 aromatic carbocycles. The average Bonchev–Trinajstić information content (AvgIpc) is 3.44. The fourth-order valence-electron chi connectivity index (χ4n) is 3.98. The molecule has 0 atom stereocenters. The van der Waals surface area contributed by atoms with E-state index in [0.29, 0.717) is 22.9 Å². The Kier molecular flexibility index (Phi) is 4.97. The lowest BCUT2D eigenvalue weighted by molar-refractivity contribution is -0.212. The number of hydrogen-bond acceptors (Lipinski definition) is 4. The van der Waals surface area contributed by atoms with Gasteiger partial charge >= 0.3 is 6.30 Å². The van der Waals surface area contributed by atoms with E-state index in [4.69, 9.17) is 0 Å². The summed E-state index contributed by atoms with van der Waals surface area (Å²) in [7, 11) is 3.02. The Labute approximate surface area is 193 Å². The Hall–Kier alpha value is -4.48. The Morgan fingerprint density at radius 3 is 2.34 bits per heavy atom. The van der Waals surface area contributed by atoms with Gasteiger partial charge in [0.05, 0.1) is 17.3 Å². The normalized spacial score (nSPS) is 11.9. The SMILES string of the molecule is Cn1cc(-c2cccnc2)c(-c2cn(C)c(=O)c3[nH]c(-c4cnn(C(F)(F)F)c4)c(F)c23)cc1=O. The lowest BCUT2D eigenvalue weighted by Gasteiger charge is -2.13. The number of alkyl halides is 3. The predicted octanol–water partition coefficient (Wildman–Crippen LogP) is 3.77. The highest BCUT2D eigenvalue weighted by Gasteiger charge is 2.32. The van der Waals surface area contributed by atoms with Crippen LogP contribution in [0, 0.1) is 5.82 Å². The van der Waals surface area contributed by atoms with Crippen LogP contribution in [-0.4, -0.2) is 28.9 Å². The summed E-state index contributed by atoms with van der Waals surface area (Å²) in [6.45, 7) is 0. The second-order valence-corrected chi connectivity index (χ2v) is 7.96. The summed E-state index contributed by atoms with van der Waals surface area (Å²) in [5.41, 5.74) is 0.0810. The number of aromatic amines is 1. The van der Waals surface area contributed by atoms with Crippen molar-refractivity contribution in [3.63, 3.8) is 0 Å². The smallest absolute Gasteiger partial charge is 0.347 e. The lowest BCUT2D eigenvalue weighted by Crippen LogP contribution is -2.18. The molecule has 0 amide bonds. The maximum Gasteiger partial charge on any atom is 0.504 e. The topological polar surface area (TPSA) is 90.5 Å². The van der Waals surface area contributed by atoms with Gasteiger partial charge in [-0.25, -0.2) is 4.39 Å². The molecule has 12 heteroatoms. The van der Waals surface area contributed by atoms with E-state index in [9.17, 15) is 22.8 Å². The van der Waals surface area contributed by atoms with Crippen LogP contribution in [-0.2, 0) is 20.4 Å². The van der Waals surface area contributed by atoms with Gasteiger partial charge in [0, 0.05) is 73.4 Å². The minimum Gasteiger partial charge on any atom is -0.347 e. The zero-order valence-electron chi connectivity index (χ0n) is 18.3. The van der Waals surface area contributed by atoms with Gasteiger partial charge in [0.25, 0.3) is 11.1 Å². The van der Waals surface area contributed by atoms with E-state index in [1.165, 1.54) is 28.4 Å². The van der Waals surface area contributed by atoms with Gasteiger partial charge in [-0.3, -0.25) is 14.6 Å². The molecule has 178 valence electrons. The molecule has 0 saturated carbocycles. The van der Waals surface area contributed by atoms with E-state index < -0.39 is 17.7 Å². The maximum absolute atomic E-state index is 15.8. The van der Waals surface area contributed by atoms with E-state index in [1.54, 1.807) is 37.8 Å². The van der Waals surface area contributed by atoms with Crippen LogP contribution in [0.1, 0.15) is 0 Å². The molecular weight excluding hydrogens is 468 g/mol. The molecule has 0 unspecified atom stereocenters. The highest BCUT2D eigenvalue weighted by Crippen LogP contribution is 2.38. The molecule has 8 nitrogen and oxygen atoms in total. The van der Waals surface area contributed by atoms with Crippen molar-refractivity contribution in [2.45, 2.75) is 6.30 Å². The zero-order chi connectivity index (χ0) is 25.1. The van der Waals surface area contributed by atoms with Crippen LogP contribution in [0.2, 0.25) is 0 Å². The maximum atomic E-state index is 15.8. The van der Waals surface area contributed by atoms with Gasteiger partial charge < -0.3 is 14.1 Å². The third-order valence-electron chi connectivity index (χ3n) is 5.69. The number of H-pyrrole nitrogens is 1. The minimum absolute atomic E-state index is 0.152. The summed E-state index contributed by atoms with van der Waals surface area (Å²) < 4.78 is 57.1. The first kappa shape index (κ1) is 22.3. The number of aromatic nitrogens is 6. The quantitative estimate of drug-likeness (QED) is 0.395. The summed E-state index contributed by atoms with van der Waals surface area (Å²) >= 11 is 0. The number of nitrogens with zero attached hydrogens (tertiary/aromatic N) is 5. The summed E-state index contributed by atoms with van der Waals surface area (Å²) in [4.78, 5) is 32.1. The van der Waals surface area contributed by atoms with Crippen molar-refractivity contribution in [2.24, 2.45) is 14.1 Å². The molecule has 5 rings (SSSR count). The Bertz CT molecular complexity index is 1710. The minimum atomic E-state index is -4.79. The van der Waals surface area contributed by atoms with Gasteiger partial charge in [-0.1, -0.05) is 6.07 Å². The van der Waals surface area contributed by atoms with Crippen molar-refractivity contribution in [1.29, 1.82) is 0 Å². The second kappa shape index (κ2) is 7.79. The van der Waals surface area contributed by atoms with Gasteiger partial charge in [0.1, 0.15) is 5.52 Å². The molecule has 0 spiro atoms. The van der Waals surface area contributed by atoms with Gasteiger partial charge in [-0.05, 0) is 11.6 Å². The number of fused-ring (bicyclic) bond motifs is 1. The number of rotatable bonds is 3. The molecule has 0 fully saturated rings. The molecule has 0 aliphatic heterocycles. The molecule has 0 aliphatic rings. The molecule has 0 bridgehead atoms. The molecule has 35 heavy (non-hydrogen) atoms. The van der Waals surface area contributed by atoms with Crippen molar-refractivity contribution < 1.29 is 17.6 Å². The molecule has 0 radical (unpaired) electrons. The third-order valence-corrected chi connectivity index (χ3v) is 5.69. The Balaban J connectivity index is 1.84. The predicted molar refractivity (Wildman–Crippen MR) is 120 cm³/mol. The van der Waals surface area contributed by atoms with Crippen molar-refractivity contribution in [3.05, 3.63) is 81.9 Å². The fourth-order valence-corrected chi connectivity index (χ4v) is 3.98. The third kappa shape index (κ3) is 3.63. The molecule has 5 aromatic heterocycles. The summed E-state index contributed by atoms with van der Waals surface area (Å²) in [5, 5.41) is 3.09. The number of aryl methyl sites for hydroxylation is 2. The highest BCUT2D eigenvalue weighted by atomic mass is 19.4. The van der Waals surface area contributed by atoms with Crippen LogP contribution >= 0.6 is 0 Å². The fraction of sp³-hybridized carbons (Fsp3) is 0.130. The molecule has 1 N–H and O–H groups in total. The number of hydrogen-bond donors (Lipinski definition) is 1. The standard InChI is InChI=1S/C23H16F4N6O2/c1-31-10-15(12-4-3-5-28-7-12)14(6-17(31)34)16-11-32(2)22(35)21-18(16)19(24)20(30-21)13-8-29-33(9-13)23(25,26)27/h3-11,30H,1-2H3. The van der Waals surface area contributed by atoms with Crippen molar-refractivity contribution >= 4 is 10.9 Å². The van der Waals surface area contributed by atoms with Gasteiger partial charge in [-0.15, -0.1) is 13.2 Å². The van der Waals surface area contributed by atoms with Crippen LogP contribution in [0.3, 0.4) is 0 Å². The summed E-state index contributed by atoms with van der Waals surface area (Å²) in [5.74, 6) is -0.938. The van der Waals surface area contributed by atoms with Gasteiger partial charge in [-0.2, -0.15) is 9.78 Å². The molecule has 5 aromatic rings. The first-order valence-corrected chi connectivity index (χ1v) is 10.2. The number of halogens is 4. The van der Waals surface area contributed by atoms with E-state index >= 15 is 4.39 Å². The monoisotopic (exact) mass is 484 g/mol. The number of pyridine rings is 3. The van der Waals surface area contributed by atoms with Gasteiger partial charge in [0.15, 0.2) is 5.82 Å². The Morgan fingerprint density at radius 2 is 1.69 bits per heavy atom. The largest absolute Gasteiger partial charge is 0.504 e. The highest BCUT2D eigenvalue weighted by molar-refractivity contribution is 6.01. The second-order valence-electron chi connectivity index (χ2n) is 7.96. The Morgan fingerprint density at radius 1 is 0.943 bits per heavy atom. The van der Waals surface area contributed by atoms with Crippen molar-refractivity contribution in [1.82, 2.24) is 28.9 Å². The van der Waals surface area contributed by atoms with Crippen LogP contribution in [0.25, 0.3) is 44.4 Å². The summed E-state index contributed by atoms with van der Waals surface area (Å²) in [6.07, 6.45) is 2.80. The van der Waals surface area contributed by atoms with Crippen molar-refractivity contribution in [3.8, 4) is 33.5 Å². The van der Waals surface area contributed by atoms with Crippen LogP contribution in [0.5, 0.6) is 0 Å². The van der Waals surface area contributed by atoms with Gasteiger partial charge in [0.2, 0.25) is 0 Å². The first-order chi connectivity index (χ1) is 16.6. The van der Waals surface area contributed by atoms with Crippen LogP contribution in [0.15, 0.2) is 65.0 Å². The van der Waals surface area contributed by atoms with E-state index in [2.05, 4.69) is 15.1 Å². The molecule has 5 heterocycles. The molecular formula is C23H16F4N6O2. The lowest BCUT2D eigenvalue weighted by atomic mass is 9.96. The number of nitrogens with one attached hydrogen (secondary N) is 1. The van der Waals surface area contributed by atoms with Crippen LogP contribution in [0.4, 0.5) is 17.6 Å². The first-order valence-electron chi connectivity index (χ1n) is 10.2. The molecule has 0 saturated heterocycles. The van der Waals surface area contributed by atoms with E-state index in [0.717, 1.165) is 6.20 Å². The van der Waals surface area contributed by atoms with E-state index in [-0.39, 0.29) is 38.0 Å². The average molecular weight is 484 g/mol. The van der Waals surface area contributed by atoms with Crippen molar-refractivity contribution in [2.75, 3.05) is 0 Å². The molecule has 0 aliphatic carbocycles. The van der Waals surface area contributed by atoms with Crippen LogP contribution < -0.4 is 11.1 Å². The van der Waals surface area contributed by atoms with E-state index in [1.807, 2.05) is 0 Å². The zero-order valence-corrected chi connectivity index (χ0v) is 18.3.